The number of sulfonamides is 1. The normalized spacial score (nSPS) is 12.4. The highest BCUT2D eigenvalue weighted by atomic mass is 32.2. The average molecular weight is 395 g/mol. The third-order valence-corrected chi connectivity index (χ3v) is 5.89. The lowest BCUT2D eigenvalue weighted by Gasteiger charge is -2.16. The molecule has 140 valence electrons. The molecule has 0 aliphatic rings. The van der Waals surface area contributed by atoms with Gasteiger partial charge in [-0.2, -0.15) is 4.72 Å². The van der Waals surface area contributed by atoms with E-state index in [4.69, 9.17) is 4.74 Å². The lowest BCUT2D eigenvalue weighted by molar-refractivity contribution is -0.117. The van der Waals surface area contributed by atoms with Crippen molar-refractivity contribution in [3.63, 3.8) is 0 Å². The van der Waals surface area contributed by atoms with Crippen LogP contribution in [-0.2, 0) is 14.8 Å². The first-order chi connectivity index (χ1) is 12.4. The molecule has 0 saturated heterocycles. The molecule has 0 saturated carbocycles. The van der Waals surface area contributed by atoms with E-state index in [1.165, 1.54) is 30.8 Å². The zero-order chi connectivity index (χ0) is 19.2. The zero-order valence-corrected chi connectivity index (χ0v) is 16.5. The second-order valence-electron chi connectivity index (χ2n) is 5.44. The minimum Gasteiger partial charge on any atom is -0.494 e. The van der Waals surface area contributed by atoms with Crippen LogP contribution in [0.3, 0.4) is 0 Å². The van der Waals surface area contributed by atoms with Gasteiger partial charge in [0.2, 0.25) is 15.9 Å². The van der Waals surface area contributed by atoms with Crippen molar-refractivity contribution in [2.75, 3.05) is 18.2 Å². The van der Waals surface area contributed by atoms with Crippen LogP contribution in [0.2, 0.25) is 0 Å². The number of thioether (sulfide) groups is 1. The van der Waals surface area contributed by atoms with E-state index in [1.807, 2.05) is 31.4 Å². The molecule has 0 heterocycles. The van der Waals surface area contributed by atoms with Crippen LogP contribution in [0.25, 0.3) is 0 Å². The Labute approximate surface area is 158 Å². The summed E-state index contributed by atoms with van der Waals surface area (Å²) in [6.07, 6.45) is 1.91. The van der Waals surface area contributed by atoms with Crippen LogP contribution in [0.4, 0.5) is 5.69 Å². The van der Waals surface area contributed by atoms with Crippen LogP contribution >= 0.6 is 11.8 Å². The van der Waals surface area contributed by atoms with Gasteiger partial charge >= 0.3 is 0 Å². The number of rotatable bonds is 8. The Balaban J connectivity index is 2.07. The maximum Gasteiger partial charge on any atom is 0.242 e. The van der Waals surface area contributed by atoms with Crippen molar-refractivity contribution in [1.29, 1.82) is 0 Å². The standard InChI is InChI=1S/C18H22N2O4S2/c1-4-24-14-9-11-15(12-10-14)26(22,23)20-13(2)18(21)19-16-7-5-6-8-17(16)25-3/h5-13,20H,4H2,1-3H3,(H,19,21)/t13-/m0/s1. The molecule has 0 radical (unpaired) electrons. The first-order valence-electron chi connectivity index (χ1n) is 8.06. The van der Waals surface area contributed by atoms with Gasteiger partial charge in [0.05, 0.1) is 23.2 Å². The van der Waals surface area contributed by atoms with Gasteiger partial charge in [-0.3, -0.25) is 4.79 Å². The van der Waals surface area contributed by atoms with E-state index in [9.17, 15) is 13.2 Å². The summed E-state index contributed by atoms with van der Waals surface area (Å²) in [5.41, 5.74) is 0.650. The van der Waals surface area contributed by atoms with E-state index in [1.54, 1.807) is 18.2 Å². The van der Waals surface area contributed by atoms with Crippen LogP contribution in [0.1, 0.15) is 13.8 Å². The molecule has 2 N–H and O–H groups in total. The highest BCUT2D eigenvalue weighted by Crippen LogP contribution is 2.24. The average Bonchev–Trinajstić information content (AvgIpc) is 2.62. The van der Waals surface area contributed by atoms with E-state index in [0.29, 0.717) is 18.0 Å². The number of benzene rings is 2. The molecule has 26 heavy (non-hydrogen) atoms. The van der Waals surface area contributed by atoms with Crippen molar-refractivity contribution in [3.05, 3.63) is 48.5 Å². The van der Waals surface area contributed by atoms with Gasteiger partial charge in [0.25, 0.3) is 0 Å². The molecule has 6 nitrogen and oxygen atoms in total. The smallest absolute Gasteiger partial charge is 0.242 e. The summed E-state index contributed by atoms with van der Waals surface area (Å²) < 4.78 is 32.6. The molecule has 2 aromatic carbocycles. The fourth-order valence-corrected chi connectivity index (χ4v) is 3.98. The monoisotopic (exact) mass is 394 g/mol. The number of anilines is 1. The van der Waals surface area contributed by atoms with Gasteiger partial charge in [-0.25, -0.2) is 8.42 Å². The van der Waals surface area contributed by atoms with Crippen LogP contribution in [0.5, 0.6) is 5.75 Å². The highest BCUT2D eigenvalue weighted by molar-refractivity contribution is 7.98. The van der Waals surface area contributed by atoms with Gasteiger partial charge < -0.3 is 10.1 Å². The molecule has 2 rings (SSSR count). The summed E-state index contributed by atoms with van der Waals surface area (Å²) in [5.74, 6) is 0.159. The molecule has 0 fully saturated rings. The van der Waals surface area contributed by atoms with E-state index in [0.717, 1.165) is 4.90 Å². The largest absolute Gasteiger partial charge is 0.494 e. The van der Waals surface area contributed by atoms with Crippen molar-refractivity contribution >= 4 is 33.4 Å². The maximum absolute atomic E-state index is 12.5. The van der Waals surface area contributed by atoms with Crippen LogP contribution in [-0.4, -0.2) is 33.2 Å². The second-order valence-corrected chi connectivity index (χ2v) is 8.00. The van der Waals surface area contributed by atoms with E-state index < -0.39 is 22.0 Å². The molecular weight excluding hydrogens is 372 g/mol. The summed E-state index contributed by atoms with van der Waals surface area (Å²) >= 11 is 1.50. The van der Waals surface area contributed by atoms with Crippen molar-refractivity contribution in [2.45, 2.75) is 29.7 Å². The number of para-hydroxylation sites is 1. The third kappa shape index (κ3) is 5.23. The molecule has 0 spiro atoms. The van der Waals surface area contributed by atoms with Gasteiger partial charge in [0, 0.05) is 4.90 Å². The lowest BCUT2D eigenvalue weighted by Crippen LogP contribution is -2.41. The first kappa shape index (κ1) is 20.3. The Kier molecular flexibility index (Phi) is 7.07. The molecule has 0 aromatic heterocycles. The molecular formula is C18H22N2O4S2. The molecule has 1 atom stereocenters. The minimum atomic E-state index is -3.82. The van der Waals surface area contributed by atoms with E-state index in [2.05, 4.69) is 10.0 Å². The number of hydrogen-bond donors (Lipinski definition) is 2. The summed E-state index contributed by atoms with van der Waals surface area (Å²) in [4.78, 5) is 13.3. The van der Waals surface area contributed by atoms with Gasteiger partial charge in [-0.05, 0) is 56.5 Å². The minimum absolute atomic E-state index is 0.0742. The highest BCUT2D eigenvalue weighted by Gasteiger charge is 2.22. The van der Waals surface area contributed by atoms with Crippen LogP contribution in [0.15, 0.2) is 58.3 Å². The topological polar surface area (TPSA) is 84.5 Å². The van der Waals surface area contributed by atoms with Gasteiger partial charge in [0.1, 0.15) is 5.75 Å². The fraction of sp³-hybridized carbons (Fsp3) is 0.278. The Morgan fingerprint density at radius 2 is 1.81 bits per heavy atom. The molecule has 1 amide bonds. The van der Waals surface area contributed by atoms with Gasteiger partial charge in [0.15, 0.2) is 0 Å². The number of ether oxygens (including phenoxy) is 1. The predicted octanol–water partition coefficient (Wildman–Crippen LogP) is 3.11. The molecule has 0 bridgehead atoms. The Bertz CT molecular complexity index is 852. The molecule has 8 heteroatoms. The van der Waals surface area contributed by atoms with Crippen molar-refractivity contribution in [2.24, 2.45) is 0 Å². The summed E-state index contributed by atoms with van der Waals surface area (Å²) in [6.45, 7) is 3.85. The Hall–Kier alpha value is -2.03. The second kappa shape index (κ2) is 9.07. The predicted molar refractivity (Wildman–Crippen MR) is 104 cm³/mol. The Morgan fingerprint density at radius 1 is 1.15 bits per heavy atom. The summed E-state index contributed by atoms with van der Waals surface area (Å²) in [5, 5.41) is 2.75. The SMILES string of the molecule is CCOc1ccc(S(=O)(=O)N[C@@H](C)C(=O)Nc2ccccc2SC)cc1. The third-order valence-electron chi connectivity index (χ3n) is 3.54. The first-order valence-corrected chi connectivity index (χ1v) is 10.8. The number of amides is 1. The van der Waals surface area contributed by atoms with E-state index >= 15 is 0 Å². The molecule has 0 aliphatic carbocycles. The van der Waals surface area contributed by atoms with Crippen molar-refractivity contribution in [3.8, 4) is 5.75 Å². The lowest BCUT2D eigenvalue weighted by atomic mass is 10.3. The fourth-order valence-electron chi connectivity index (χ4n) is 2.22. The number of carbonyl (C=O) groups is 1. The maximum atomic E-state index is 12.5. The summed E-state index contributed by atoms with van der Waals surface area (Å²) in [6, 6.07) is 12.5. The Morgan fingerprint density at radius 3 is 2.42 bits per heavy atom. The van der Waals surface area contributed by atoms with Crippen LogP contribution in [0, 0.1) is 0 Å². The molecule has 2 aromatic rings. The quantitative estimate of drug-likeness (QED) is 0.672. The van der Waals surface area contributed by atoms with Crippen molar-refractivity contribution in [1.82, 2.24) is 4.72 Å². The van der Waals surface area contributed by atoms with Crippen LogP contribution < -0.4 is 14.8 Å². The number of carbonyl (C=O) groups excluding carboxylic acids is 1. The zero-order valence-electron chi connectivity index (χ0n) is 14.9. The number of nitrogens with one attached hydrogen (secondary N) is 2. The van der Waals surface area contributed by atoms with E-state index in [-0.39, 0.29) is 4.90 Å². The van der Waals surface area contributed by atoms with Gasteiger partial charge in [-0.15, -0.1) is 11.8 Å². The molecule has 0 unspecified atom stereocenters. The molecule has 0 aliphatic heterocycles. The summed E-state index contributed by atoms with van der Waals surface area (Å²) in [7, 11) is -3.82. The number of hydrogen-bond acceptors (Lipinski definition) is 5. The van der Waals surface area contributed by atoms with Crippen molar-refractivity contribution < 1.29 is 17.9 Å². The van der Waals surface area contributed by atoms with Gasteiger partial charge in [-0.1, -0.05) is 12.1 Å².